The lowest BCUT2D eigenvalue weighted by Gasteiger charge is -2.32. The van der Waals surface area contributed by atoms with Gasteiger partial charge in [-0.05, 0) is 26.1 Å². The Kier molecular flexibility index (Phi) is 3.31. The van der Waals surface area contributed by atoms with Crippen LogP contribution in [0.4, 0.5) is 0 Å². The second-order valence-electron chi connectivity index (χ2n) is 5.04. The molecule has 106 valence electrons. The van der Waals surface area contributed by atoms with Gasteiger partial charge in [0.15, 0.2) is 11.5 Å². The van der Waals surface area contributed by atoms with E-state index in [2.05, 4.69) is 17.1 Å². The van der Waals surface area contributed by atoms with Crippen LogP contribution in [0.5, 0.6) is 0 Å². The zero-order valence-corrected chi connectivity index (χ0v) is 11.6. The van der Waals surface area contributed by atoms with Crippen molar-refractivity contribution < 1.29 is 13.7 Å². The first-order valence-electron chi connectivity index (χ1n) is 6.65. The molecule has 1 aliphatic heterocycles. The van der Waals surface area contributed by atoms with Crippen LogP contribution < -0.4 is 0 Å². The van der Waals surface area contributed by atoms with E-state index in [0.717, 1.165) is 26.2 Å². The van der Waals surface area contributed by atoms with E-state index in [4.69, 9.17) is 8.94 Å². The van der Waals surface area contributed by atoms with Crippen molar-refractivity contribution in [3.8, 4) is 11.5 Å². The molecule has 20 heavy (non-hydrogen) atoms. The molecule has 6 heteroatoms. The Hall–Kier alpha value is -2.08. The molecule has 0 spiro atoms. The van der Waals surface area contributed by atoms with Crippen LogP contribution in [0.1, 0.15) is 16.1 Å². The molecule has 1 aliphatic rings. The average molecular weight is 275 g/mol. The lowest BCUT2D eigenvalue weighted by Crippen LogP contribution is -2.47. The van der Waals surface area contributed by atoms with E-state index in [1.54, 1.807) is 25.3 Å². The molecule has 1 fully saturated rings. The van der Waals surface area contributed by atoms with Crippen LogP contribution >= 0.6 is 0 Å². The average Bonchev–Trinajstić information content (AvgIpc) is 3.07. The minimum Gasteiger partial charge on any atom is -0.463 e. The van der Waals surface area contributed by atoms with Crippen molar-refractivity contribution >= 4 is 5.91 Å². The third-order valence-electron chi connectivity index (χ3n) is 3.62. The molecule has 0 bridgehead atoms. The number of furan rings is 1. The predicted octanol–water partition coefficient (Wildman–Crippen LogP) is 1.63. The van der Waals surface area contributed by atoms with E-state index in [1.807, 2.05) is 4.90 Å². The van der Waals surface area contributed by atoms with Gasteiger partial charge in [-0.25, -0.2) is 0 Å². The van der Waals surface area contributed by atoms with Crippen LogP contribution in [-0.4, -0.2) is 54.1 Å². The van der Waals surface area contributed by atoms with Crippen LogP contribution in [0.3, 0.4) is 0 Å². The molecule has 0 aromatic carbocycles. The summed E-state index contributed by atoms with van der Waals surface area (Å²) in [4.78, 5) is 16.7. The monoisotopic (exact) mass is 275 g/mol. The number of hydrogen-bond donors (Lipinski definition) is 0. The largest absolute Gasteiger partial charge is 0.463 e. The molecule has 6 nitrogen and oxygen atoms in total. The second-order valence-corrected chi connectivity index (χ2v) is 5.04. The van der Waals surface area contributed by atoms with Gasteiger partial charge in [-0.2, -0.15) is 0 Å². The molecule has 1 amide bonds. The number of piperazine rings is 1. The molecule has 0 unspecified atom stereocenters. The van der Waals surface area contributed by atoms with E-state index >= 15 is 0 Å². The fraction of sp³-hybridized carbons (Fsp3) is 0.429. The van der Waals surface area contributed by atoms with Crippen molar-refractivity contribution in [3.05, 3.63) is 29.7 Å². The van der Waals surface area contributed by atoms with Crippen molar-refractivity contribution in [3.63, 3.8) is 0 Å². The smallest absolute Gasteiger partial charge is 0.259 e. The number of carbonyl (C=O) groups is 1. The minimum absolute atomic E-state index is 0.0387. The van der Waals surface area contributed by atoms with Gasteiger partial charge >= 0.3 is 0 Å². The Morgan fingerprint density at radius 2 is 2.05 bits per heavy atom. The quantitative estimate of drug-likeness (QED) is 0.833. The number of aromatic nitrogens is 1. The van der Waals surface area contributed by atoms with E-state index in [9.17, 15) is 4.79 Å². The van der Waals surface area contributed by atoms with E-state index in [-0.39, 0.29) is 5.91 Å². The molecule has 2 aromatic rings. The zero-order chi connectivity index (χ0) is 14.1. The number of aryl methyl sites for hydroxylation is 1. The molecule has 0 saturated carbocycles. The Morgan fingerprint density at radius 1 is 1.30 bits per heavy atom. The molecule has 3 heterocycles. The zero-order valence-electron chi connectivity index (χ0n) is 11.6. The molecule has 2 aromatic heterocycles. The number of likely N-dealkylation sites (N-methyl/N-ethyl adjacent to an activating group) is 1. The van der Waals surface area contributed by atoms with Crippen LogP contribution in [0.2, 0.25) is 0 Å². The van der Waals surface area contributed by atoms with Crippen molar-refractivity contribution in [2.24, 2.45) is 0 Å². The Morgan fingerprint density at radius 3 is 2.70 bits per heavy atom. The summed E-state index contributed by atoms with van der Waals surface area (Å²) in [6.45, 7) is 4.95. The van der Waals surface area contributed by atoms with Gasteiger partial charge in [0, 0.05) is 26.2 Å². The Labute approximate surface area is 116 Å². The highest BCUT2D eigenvalue weighted by Crippen LogP contribution is 2.27. The van der Waals surface area contributed by atoms with Crippen molar-refractivity contribution in [1.82, 2.24) is 15.0 Å². The van der Waals surface area contributed by atoms with Crippen LogP contribution in [-0.2, 0) is 0 Å². The molecule has 0 aliphatic carbocycles. The van der Waals surface area contributed by atoms with Gasteiger partial charge in [0.25, 0.3) is 5.91 Å². The first-order chi connectivity index (χ1) is 9.66. The molecular weight excluding hydrogens is 258 g/mol. The number of hydrogen-bond acceptors (Lipinski definition) is 5. The third kappa shape index (κ3) is 2.22. The maximum absolute atomic E-state index is 12.7. The highest BCUT2D eigenvalue weighted by atomic mass is 16.5. The van der Waals surface area contributed by atoms with Crippen molar-refractivity contribution in [1.29, 1.82) is 0 Å². The maximum Gasteiger partial charge on any atom is 0.259 e. The summed E-state index contributed by atoms with van der Waals surface area (Å²) >= 11 is 0. The normalized spacial score (nSPS) is 16.6. The topological polar surface area (TPSA) is 62.7 Å². The molecule has 1 saturated heterocycles. The lowest BCUT2D eigenvalue weighted by atomic mass is 10.1. The number of carbonyl (C=O) groups excluding carboxylic acids is 1. The molecule has 0 atom stereocenters. The molecule has 0 radical (unpaired) electrons. The number of amides is 1. The first kappa shape index (κ1) is 12.9. The Bertz CT molecular complexity index is 595. The van der Waals surface area contributed by atoms with Gasteiger partial charge in [0.05, 0.1) is 6.26 Å². The fourth-order valence-corrected chi connectivity index (χ4v) is 2.37. The SMILES string of the molecule is Cc1onc(-c2ccco2)c1C(=O)N1CCN(C)CC1. The molecule has 3 rings (SSSR count). The van der Waals surface area contributed by atoms with Crippen molar-refractivity contribution in [2.75, 3.05) is 33.2 Å². The van der Waals surface area contributed by atoms with E-state index < -0.39 is 0 Å². The molecular formula is C14H17N3O3. The van der Waals surface area contributed by atoms with Crippen molar-refractivity contribution in [2.45, 2.75) is 6.92 Å². The van der Waals surface area contributed by atoms with Gasteiger partial charge in [-0.15, -0.1) is 0 Å². The summed E-state index contributed by atoms with van der Waals surface area (Å²) < 4.78 is 10.5. The van der Waals surface area contributed by atoms with Gasteiger partial charge in [0.2, 0.25) is 0 Å². The van der Waals surface area contributed by atoms with Crippen LogP contribution in [0.15, 0.2) is 27.3 Å². The number of nitrogens with zero attached hydrogens (tertiary/aromatic N) is 3. The van der Waals surface area contributed by atoms with E-state index in [1.165, 1.54) is 0 Å². The highest BCUT2D eigenvalue weighted by molar-refractivity contribution is 6.00. The summed E-state index contributed by atoms with van der Waals surface area (Å²) in [6, 6.07) is 3.54. The molecule has 0 N–H and O–H groups in total. The third-order valence-corrected chi connectivity index (χ3v) is 3.62. The van der Waals surface area contributed by atoms with E-state index in [0.29, 0.717) is 22.8 Å². The Balaban J connectivity index is 1.90. The summed E-state index contributed by atoms with van der Waals surface area (Å²) in [5, 5.41) is 3.96. The summed E-state index contributed by atoms with van der Waals surface area (Å²) in [5.74, 6) is 1.04. The van der Waals surface area contributed by atoms with Gasteiger partial charge in [0.1, 0.15) is 11.3 Å². The van der Waals surface area contributed by atoms with Crippen LogP contribution in [0, 0.1) is 6.92 Å². The summed E-state index contributed by atoms with van der Waals surface area (Å²) in [5.41, 5.74) is 0.987. The predicted molar refractivity (Wildman–Crippen MR) is 72.3 cm³/mol. The standard InChI is InChI=1S/C14H17N3O3/c1-10-12(13(15-20-10)11-4-3-9-19-11)14(18)17-7-5-16(2)6-8-17/h3-4,9H,5-8H2,1-2H3. The minimum atomic E-state index is -0.0387. The first-order valence-corrected chi connectivity index (χ1v) is 6.65. The van der Waals surface area contributed by atoms with Gasteiger partial charge < -0.3 is 18.7 Å². The summed E-state index contributed by atoms with van der Waals surface area (Å²) in [7, 11) is 2.06. The number of rotatable bonds is 2. The summed E-state index contributed by atoms with van der Waals surface area (Å²) in [6.07, 6.45) is 1.56. The second kappa shape index (κ2) is 5.13. The van der Waals surface area contributed by atoms with Crippen LogP contribution in [0.25, 0.3) is 11.5 Å². The van der Waals surface area contributed by atoms with Gasteiger partial charge in [-0.3, -0.25) is 4.79 Å². The lowest BCUT2D eigenvalue weighted by molar-refractivity contribution is 0.0663. The highest BCUT2D eigenvalue weighted by Gasteiger charge is 2.28. The maximum atomic E-state index is 12.7. The van der Waals surface area contributed by atoms with Gasteiger partial charge in [-0.1, -0.05) is 5.16 Å². The fourth-order valence-electron chi connectivity index (χ4n) is 2.37.